The first-order valence-corrected chi connectivity index (χ1v) is 8.83. The highest BCUT2D eigenvalue weighted by Crippen LogP contribution is 2.20. The summed E-state index contributed by atoms with van der Waals surface area (Å²) >= 11 is 0. The quantitative estimate of drug-likeness (QED) is 0.782. The van der Waals surface area contributed by atoms with Gasteiger partial charge in [-0.15, -0.1) is 0 Å². The molecular formula is C17H25N5O2. The Morgan fingerprint density at radius 3 is 2.42 bits per heavy atom. The van der Waals surface area contributed by atoms with Gasteiger partial charge in [-0.1, -0.05) is 6.07 Å². The molecule has 0 saturated carbocycles. The summed E-state index contributed by atoms with van der Waals surface area (Å²) in [7, 11) is 0. The first-order chi connectivity index (χ1) is 11.8. The number of ether oxygens (including phenoxy) is 1. The van der Waals surface area contributed by atoms with Crippen LogP contribution in [-0.2, 0) is 4.74 Å². The Morgan fingerprint density at radius 1 is 1.00 bits per heavy atom. The molecule has 3 aliphatic rings. The normalized spacial score (nSPS) is 23.2. The van der Waals surface area contributed by atoms with Gasteiger partial charge in [0.1, 0.15) is 5.82 Å². The lowest BCUT2D eigenvalue weighted by atomic mass is 10.1. The summed E-state index contributed by atoms with van der Waals surface area (Å²) in [6.45, 7) is 8.60. The molecule has 0 aromatic carbocycles. The second kappa shape index (κ2) is 6.94. The van der Waals surface area contributed by atoms with Crippen LogP contribution in [0, 0.1) is 0 Å². The summed E-state index contributed by atoms with van der Waals surface area (Å²) in [5.41, 5.74) is 0. The standard InChI is InChI=1S/C17H25N5O2/c23-17(21-9-11-24-12-10-21)22-13-15(14-22)19-5-7-20(8-6-19)16-3-1-2-4-18-16/h1-4,15H,5-14H2. The van der Waals surface area contributed by atoms with Crippen LogP contribution in [-0.4, -0.2) is 97.3 Å². The Balaban J connectivity index is 1.23. The summed E-state index contributed by atoms with van der Waals surface area (Å²) < 4.78 is 5.31. The lowest BCUT2D eigenvalue weighted by molar-refractivity contribution is 0.0128. The molecule has 130 valence electrons. The molecule has 1 aromatic heterocycles. The largest absolute Gasteiger partial charge is 0.378 e. The monoisotopic (exact) mass is 331 g/mol. The number of hydrogen-bond donors (Lipinski definition) is 0. The second-order valence-corrected chi connectivity index (χ2v) is 6.65. The average molecular weight is 331 g/mol. The first kappa shape index (κ1) is 15.7. The van der Waals surface area contributed by atoms with Crippen molar-refractivity contribution >= 4 is 11.8 Å². The molecule has 0 radical (unpaired) electrons. The van der Waals surface area contributed by atoms with Crippen LogP contribution in [0.25, 0.3) is 0 Å². The van der Waals surface area contributed by atoms with Crippen LogP contribution in [0.15, 0.2) is 24.4 Å². The molecule has 4 heterocycles. The number of pyridine rings is 1. The van der Waals surface area contributed by atoms with Gasteiger partial charge in [-0.25, -0.2) is 9.78 Å². The number of anilines is 1. The Bertz CT molecular complexity index is 549. The van der Waals surface area contributed by atoms with Crippen LogP contribution in [0.4, 0.5) is 10.6 Å². The highest BCUT2D eigenvalue weighted by atomic mass is 16.5. The molecule has 3 fully saturated rings. The highest BCUT2D eigenvalue weighted by molar-refractivity contribution is 5.75. The second-order valence-electron chi connectivity index (χ2n) is 6.65. The van der Waals surface area contributed by atoms with E-state index in [0.717, 1.165) is 58.2 Å². The molecule has 1 aromatic rings. The molecule has 7 nitrogen and oxygen atoms in total. The van der Waals surface area contributed by atoms with Gasteiger partial charge in [0.25, 0.3) is 0 Å². The Kier molecular flexibility index (Phi) is 4.53. The number of aromatic nitrogens is 1. The fourth-order valence-electron chi connectivity index (χ4n) is 3.65. The van der Waals surface area contributed by atoms with Crippen molar-refractivity contribution in [2.24, 2.45) is 0 Å². The SMILES string of the molecule is O=C(N1CCOCC1)N1CC(N2CCN(c3ccccn3)CC2)C1. The molecular weight excluding hydrogens is 306 g/mol. The van der Waals surface area contributed by atoms with Crippen LogP contribution in [0.2, 0.25) is 0 Å². The van der Waals surface area contributed by atoms with E-state index in [4.69, 9.17) is 4.74 Å². The number of urea groups is 1. The first-order valence-electron chi connectivity index (χ1n) is 8.83. The van der Waals surface area contributed by atoms with Crippen LogP contribution in [0.3, 0.4) is 0 Å². The van der Waals surface area contributed by atoms with Crippen LogP contribution in [0.5, 0.6) is 0 Å². The zero-order valence-corrected chi connectivity index (χ0v) is 14.0. The minimum Gasteiger partial charge on any atom is -0.378 e. The van der Waals surface area contributed by atoms with Crippen molar-refractivity contribution in [3.05, 3.63) is 24.4 Å². The van der Waals surface area contributed by atoms with Crippen LogP contribution < -0.4 is 4.90 Å². The number of morpholine rings is 1. The molecule has 0 bridgehead atoms. The van der Waals surface area contributed by atoms with Gasteiger partial charge in [-0.05, 0) is 12.1 Å². The van der Waals surface area contributed by atoms with Crippen molar-refractivity contribution in [3.63, 3.8) is 0 Å². The number of hydrogen-bond acceptors (Lipinski definition) is 5. The van der Waals surface area contributed by atoms with E-state index in [1.165, 1.54) is 0 Å². The molecule has 3 saturated heterocycles. The lowest BCUT2D eigenvalue weighted by Crippen LogP contribution is -2.66. The van der Waals surface area contributed by atoms with E-state index >= 15 is 0 Å². The van der Waals surface area contributed by atoms with Crippen molar-refractivity contribution < 1.29 is 9.53 Å². The number of piperazine rings is 1. The Hall–Kier alpha value is -1.86. The molecule has 0 N–H and O–H groups in total. The number of carbonyl (C=O) groups excluding carboxylic acids is 1. The van der Waals surface area contributed by atoms with E-state index < -0.39 is 0 Å². The van der Waals surface area contributed by atoms with Crippen molar-refractivity contribution in [3.8, 4) is 0 Å². The molecule has 0 spiro atoms. The maximum Gasteiger partial charge on any atom is 0.320 e. The molecule has 0 atom stereocenters. The van der Waals surface area contributed by atoms with Gasteiger partial charge in [0, 0.05) is 64.6 Å². The predicted molar refractivity (Wildman–Crippen MR) is 91.2 cm³/mol. The van der Waals surface area contributed by atoms with E-state index in [9.17, 15) is 4.79 Å². The molecule has 24 heavy (non-hydrogen) atoms. The number of likely N-dealkylation sites (tertiary alicyclic amines) is 1. The Labute approximate surface area is 142 Å². The number of carbonyl (C=O) groups is 1. The Morgan fingerprint density at radius 2 is 1.75 bits per heavy atom. The van der Waals surface area contributed by atoms with Crippen molar-refractivity contribution in [2.45, 2.75) is 6.04 Å². The maximum absolute atomic E-state index is 12.4. The third-order valence-electron chi connectivity index (χ3n) is 5.22. The fourth-order valence-corrected chi connectivity index (χ4v) is 3.65. The lowest BCUT2D eigenvalue weighted by Gasteiger charge is -2.49. The molecule has 3 aliphatic heterocycles. The molecule has 4 rings (SSSR count). The van der Waals surface area contributed by atoms with Gasteiger partial charge in [-0.2, -0.15) is 0 Å². The smallest absolute Gasteiger partial charge is 0.320 e. The summed E-state index contributed by atoms with van der Waals surface area (Å²) in [5.74, 6) is 1.06. The summed E-state index contributed by atoms with van der Waals surface area (Å²) in [5, 5.41) is 0. The van der Waals surface area contributed by atoms with E-state index in [0.29, 0.717) is 19.3 Å². The maximum atomic E-state index is 12.4. The van der Waals surface area contributed by atoms with Gasteiger partial charge in [0.05, 0.1) is 13.2 Å². The minimum atomic E-state index is 0.182. The summed E-state index contributed by atoms with van der Waals surface area (Å²) in [6, 6.07) is 6.76. The summed E-state index contributed by atoms with van der Waals surface area (Å²) in [6.07, 6.45) is 1.85. The van der Waals surface area contributed by atoms with Gasteiger partial charge in [0.2, 0.25) is 0 Å². The van der Waals surface area contributed by atoms with E-state index in [1.54, 1.807) is 0 Å². The van der Waals surface area contributed by atoms with Crippen LogP contribution >= 0.6 is 0 Å². The van der Waals surface area contributed by atoms with E-state index in [-0.39, 0.29) is 6.03 Å². The summed E-state index contributed by atoms with van der Waals surface area (Å²) in [4.78, 5) is 25.6. The molecule has 2 amide bonds. The molecule has 7 heteroatoms. The van der Waals surface area contributed by atoms with Crippen molar-refractivity contribution in [2.75, 3.05) is 70.5 Å². The van der Waals surface area contributed by atoms with Gasteiger partial charge in [-0.3, -0.25) is 4.90 Å². The van der Waals surface area contributed by atoms with Crippen LogP contribution in [0.1, 0.15) is 0 Å². The average Bonchev–Trinajstić information content (AvgIpc) is 2.62. The van der Waals surface area contributed by atoms with E-state index in [1.807, 2.05) is 28.1 Å². The number of rotatable bonds is 2. The fraction of sp³-hybridized carbons (Fsp3) is 0.647. The van der Waals surface area contributed by atoms with Gasteiger partial charge in [0.15, 0.2) is 0 Å². The molecule has 0 unspecified atom stereocenters. The van der Waals surface area contributed by atoms with Gasteiger partial charge >= 0.3 is 6.03 Å². The number of amides is 2. The predicted octanol–water partition coefficient (Wildman–Crippen LogP) is 0.340. The third kappa shape index (κ3) is 3.18. The van der Waals surface area contributed by atoms with E-state index in [2.05, 4.69) is 20.9 Å². The zero-order valence-electron chi connectivity index (χ0n) is 14.0. The highest BCUT2D eigenvalue weighted by Gasteiger charge is 2.38. The van der Waals surface area contributed by atoms with Crippen molar-refractivity contribution in [1.29, 1.82) is 0 Å². The molecule has 0 aliphatic carbocycles. The number of nitrogens with zero attached hydrogens (tertiary/aromatic N) is 5. The third-order valence-corrected chi connectivity index (χ3v) is 5.22. The topological polar surface area (TPSA) is 52.2 Å². The zero-order chi connectivity index (χ0) is 16.4. The van der Waals surface area contributed by atoms with Crippen molar-refractivity contribution in [1.82, 2.24) is 19.7 Å². The van der Waals surface area contributed by atoms with Gasteiger partial charge < -0.3 is 19.4 Å². The minimum absolute atomic E-state index is 0.182.